The van der Waals surface area contributed by atoms with Gasteiger partial charge >= 0.3 is 12.4 Å². The Morgan fingerprint density at radius 2 is 1.72 bits per heavy atom. The molecule has 2 aromatic rings. The van der Waals surface area contributed by atoms with Gasteiger partial charge in [0.15, 0.2) is 0 Å². The van der Waals surface area contributed by atoms with E-state index in [1.54, 1.807) is 0 Å². The van der Waals surface area contributed by atoms with Crippen molar-refractivity contribution >= 4 is 40.5 Å². The number of aliphatic imine (C=N–C) groups is 1. The molecule has 1 heterocycles. The highest BCUT2D eigenvalue weighted by Crippen LogP contribution is 2.49. The summed E-state index contributed by atoms with van der Waals surface area (Å²) >= 11 is 11.7. The zero-order valence-electron chi connectivity index (χ0n) is 16.1. The first-order valence-corrected chi connectivity index (χ1v) is 9.66. The highest BCUT2D eigenvalue weighted by Gasteiger charge is 2.62. The third kappa shape index (κ3) is 5.12. The lowest BCUT2D eigenvalue weighted by Gasteiger charge is -2.29. The first kappa shape index (κ1) is 24.2. The van der Waals surface area contributed by atoms with E-state index < -0.39 is 36.7 Å². The zero-order valence-corrected chi connectivity index (χ0v) is 17.6. The third-order valence-corrected chi connectivity index (χ3v) is 5.09. The Morgan fingerprint density at radius 1 is 1.09 bits per heavy atom. The van der Waals surface area contributed by atoms with Crippen molar-refractivity contribution in [2.45, 2.75) is 37.7 Å². The van der Waals surface area contributed by atoms with E-state index in [0.717, 1.165) is 12.1 Å². The lowest BCUT2D eigenvalue weighted by atomic mass is 9.86. The van der Waals surface area contributed by atoms with E-state index in [2.05, 4.69) is 10.1 Å². The van der Waals surface area contributed by atoms with Gasteiger partial charge in [-0.05, 0) is 42.7 Å². The quantitative estimate of drug-likeness (QED) is 0.285. The predicted molar refractivity (Wildman–Crippen MR) is 105 cm³/mol. The Hall–Kier alpha value is -2.46. The Balaban J connectivity index is 1.98. The van der Waals surface area contributed by atoms with Crippen LogP contribution in [0.1, 0.15) is 29.5 Å². The standard InChI is InChI=1S/C20H14Cl2F6N2O2/c1-10-2-3-11(4-15(10)29-17(31)9-19(23,24)25)16-8-18(32-30-16,20(26,27)28)12-5-13(21)7-14(22)6-12/h2-7H,8-9H2,1H3,(H,29,31)/p-1. The number of benzene rings is 2. The summed E-state index contributed by atoms with van der Waals surface area (Å²) in [6.07, 6.45) is -12.2. The lowest BCUT2D eigenvalue weighted by Crippen LogP contribution is -2.42. The van der Waals surface area contributed by atoms with Crippen LogP contribution in [0.15, 0.2) is 46.5 Å². The summed E-state index contributed by atoms with van der Waals surface area (Å²) < 4.78 is 79.4. The second kappa shape index (κ2) is 8.47. The van der Waals surface area contributed by atoms with Gasteiger partial charge in [-0.1, -0.05) is 40.5 Å². The molecule has 172 valence electrons. The summed E-state index contributed by atoms with van der Waals surface area (Å²) in [6.45, 7) is 1.49. The van der Waals surface area contributed by atoms with Crippen LogP contribution in [0.3, 0.4) is 0 Å². The Morgan fingerprint density at radius 3 is 2.28 bits per heavy atom. The lowest BCUT2D eigenvalue weighted by molar-refractivity contribution is -0.275. The minimum atomic E-state index is -4.91. The molecule has 0 saturated carbocycles. The van der Waals surface area contributed by atoms with Gasteiger partial charge in [0.05, 0.1) is 17.8 Å². The molecule has 0 N–H and O–H groups in total. The summed E-state index contributed by atoms with van der Waals surface area (Å²) in [6, 6.07) is 7.38. The minimum absolute atomic E-state index is 0.0345. The fraction of sp³-hybridized carbons (Fsp3) is 0.300. The number of hydrogen-bond donors (Lipinski definition) is 0. The van der Waals surface area contributed by atoms with Gasteiger partial charge < -0.3 is 9.94 Å². The van der Waals surface area contributed by atoms with E-state index in [1.165, 1.54) is 31.2 Å². The molecule has 32 heavy (non-hydrogen) atoms. The maximum Gasteiger partial charge on any atom is 0.435 e. The maximum absolute atomic E-state index is 14.1. The third-order valence-electron chi connectivity index (χ3n) is 4.65. The molecule has 0 spiro atoms. The van der Waals surface area contributed by atoms with Crippen LogP contribution in [0.4, 0.5) is 32.0 Å². The highest BCUT2D eigenvalue weighted by atomic mass is 35.5. The molecule has 0 amide bonds. The minimum Gasteiger partial charge on any atom is -0.861 e. The number of hydrogen-bond acceptors (Lipinski definition) is 4. The zero-order chi connectivity index (χ0) is 23.9. The molecule has 0 radical (unpaired) electrons. The van der Waals surface area contributed by atoms with Crippen LogP contribution in [0, 0.1) is 6.92 Å². The predicted octanol–water partition coefficient (Wildman–Crippen LogP) is 6.23. The summed E-state index contributed by atoms with van der Waals surface area (Å²) in [5.41, 5.74) is -3.03. The van der Waals surface area contributed by atoms with E-state index >= 15 is 0 Å². The molecule has 0 bridgehead atoms. The van der Waals surface area contributed by atoms with Gasteiger partial charge in [-0.25, -0.2) is 0 Å². The van der Waals surface area contributed by atoms with Gasteiger partial charge in [0.1, 0.15) is 0 Å². The SMILES string of the molecule is Cc1ccc(C2=NOC(c3cc(Cl)cc(Cl)c3)(C(F)(F)F)C2)cc1N=C([O-])CC(F)(F)F. The molecule has 4 nitrogen and oxygen atoms in total. The van der Waals surface area contributed by atoms with Crippen molar-refractivity contribution in [3.63, 3.8) is 0 Å². The van der Waals surface area contributed by atoms with Crippen LogP contribution in [0.5, 0.6) is 0 Å². The Bertz CT molecular complexity index is 1080. The number of oxime groups is 1. The molecule has 3 rings (SSSR count). The molecule has 0 aliphatic carbocycles. The molecule has 0 saturated heterocycles. The van der Waals surface area contributed by atoms with Crippen LogP contribution >= 0.6 is 23.2 Å². The fourth-order valence-electron chi connectivity index (χ4n) is 3.10. The Kier molecular flexibility index (Phi) is 6.41. The molecule has 0 aromatic heterocycles. The van der Waals surface area contributed by atoms with E-state index in [4.69, 9.17) is 28.0 Å². The molecule has 1 aliphatic rings. The van der Waals surface area contributed by atoms with Gasteiger partial charge in [-0.2, -0.15) is 26.3 Å². The number of rotatable bonds is 4. The monoisotopic (exact) mass is 497 g/mol. The van der Waals surface area contributed by atoms with Crippen molar-refractivity contribution in [3.05, 3.63) is 63.1 Å². The van der Waals surface area contributed by atoms with Crippen molar-refractivity contribution in [2.24, 2.45) is 10.1 Å². The van der Waals surface area contributed by atoms with Crippen LogP contribution in [0.2, 0.25) is 10.0 Å². The smallest absolute Gasteiger partial charge is 0.435 e. The largest absolute Gasteiger partial charge is 0.861 e. The molecular formula is C20H13Cl2F6N2O2-. The number of halogens is 8. The normalized spacial score (nSPS) is 19.7. The van der Waals surface area contributed by atoms with Crippen molar-refractivity contribution < 1.29 is 36.3 Å². The van der Waals surface area contributed by atoms with E-state index in [9.17, 15) is 31.4 Å². The summed E-state index contributed by atoms with van der Waals surface area (Å²) in [5, 5.41) is 15.1. The topological polar surface area (TPSA) is 57.0 Å². The summed E-state index contributed by atoms with van der Waals surface area (Å²) in [7, 11) is 0. The maximum atomic E-state index is 14.1. The van der Waals surface area contributed by atoms with Crippen LogP contribution in [-0.2, 0) is 10.4 Å². The van der Waals surface area contributed by atoms with Crippen molar-refractivity contribution in [2.75, 3.05) is 0 Å². The van der Waals surface area contributed by atoms with Gasteiger partial charge in [-0.15, -0.1) is 0 Å². The molecule has 0 fully saturated rings. The van der Waals surface area contributed by atoms with Crippen LogP contribution < -0.4 is 5.11 Å². The van der Waals surface area contributed by atoms with Crippen LogP contribution in [-0.4, -0.2) is 24.0 Å². The van der Waals surface area contributed by atoms with Crippen molar-refractivity contribution in [3.8, 4) is 0 Å². The van der Waals surface area contributed by atoms with Crippen LogP contribution in [0.25, 0.3) is 0 Å². The second-order valence-electron chi connectivity index (χ2n) is 7.09. The first-order valence-electron chi connectivity index (χ1n) is 8.91. The van der Waals surface area contributed by atoms with Crippen molar-refractivity contribution in [1.82, 2.24) is 0 Å². The molecule has 2 aromatic carbocycles. The van der Waals surface area contributed by atoms with E-state index in [0.29, 0.717) is 5.56 Å². The average molecular weight is 498 g/mol. The number of nitrogens with zero attached hydrogens (tertiary/aromatic N) is 2. The number of aryl methyl sites for hydroxylation is 1. The fourth-order valence-corrected chi connectivity index (χ4v) is 3.63. The summed E-state index contributed by atoms with van der Waals surface area (Å²) in [4.78, 5) is 8.32. The second-order valence-corrected chi connectivity index (χ2v) is 7.96. The molecule has 1 unspecified atom stereocenters. The first-order chi connectivity index (χ1) is 14.7. The van der Waals surface area contributed by atoms with E-state index in [1.807, 2.05) is 0 Å². The molecule has 1 aliphatic heterocycles. The van der Waals surface area contributed by atoms with E-state index in [-0.39, 0.29) is 32.6 Å². The molecule has 12 heteroatoms. The van der Waals surface area contributed by atoms with Gasteiger partial charge in [0.2, 0.25) is 0 Å². The number of alkyl halides is 6. The van der Waals surface area contributed by atoms with Gasteiger partial charge in [-0.3, -0.25) is 4.99 Å². The molecule has 1 atom stereocenters. The average Bonchev–Trinajstić information content (AvgIpc) is 3.08. The Labute approximate surface area is 188 Å². The molecular weight excluding hydrogens is 485 g/mol. The van der Waals surface area contributed by atoms with Crippen molar-refractivity contribution in [1.29, 1.82) is 0 Å². The van der Waals surface area contributed by atoms with Gasteiger partial charge in [0, 0.05) is 27.6 Å². The highest BCUT2D eigenvalue weighted by molar-refractivity contribution is 6.34. The van der Waals surface area contributed by atoms with Gasteiger partial charge in [0.25, 0.3) is 5.60 Å². The summed E-state index contributed by atoms with van der Waals surface area (Å²) in [5.74, 6) is -1.43.